The highest BCUT2D eigenvalue weighted by Crippen LogP contribution is 2.20. The smallest absolute Gasteiger partial charge is 0.123 e. The average molecular weight is 212 g/mol. The molecule has 0 aliphatic carbocycles. The summed E-state index contributed by atoms with van der Waals surface area (Å²) in [5, 5.41) is 8.82. The highest BCUT2D eigenvalue weighted by molar-refractivity contribution is 5.85. The Bertz CT molecular complexity index is 344. The van der Waals surface area contributed by atoms with Crippen LogP contribution >= 0.6 is 12.4 Å². The van der Waals surface area contributed by atoms with E-state index in [9.17, 15) is 0 Å². The Morgan fingerprint density at radius 1 is 1.57 bits per heavy atom. The maximum atomic E-state index is 8.82. The molecule has 0 saturated heterocycles. The van der Waals surface area contributed by atoms with Gasteiger partial charge in [-0.3, -0.25) is 0 Å². The molecule has 14 heavy (non-hydrogen) atoms. The van der Waals surface area contributed by atoms with Crippen LogP contribution in [0.5, 0.6) is 0 Å². The molecule has 1 aromatic rings. The van der Waals surface area contributed by atoms with Gasteiger partial charge in [-0.05, 0) is 24.5 Å². The molecule has 1 heterocycles. The number of nitrogens with zero attached hydrogens (tertiary/aromatic N) is 2. The van der Waals surface area contributed by atoms with Crippen molar-refractivity contribution in [1.82, 2.24) is 4.98 Å². The Kier molecular flexibility index (Phi) is 4.96. The Labute approximate surface area is 90.4 Å². The minimum absolute atomic E-state index is 0. The predicted octanol–water partition coefficient (Wildman–Crippen LogP) is 2.47. The van der Waals surface area contributed by atoms with Crippen LogP contribution in [-0.4, -0.2) is 4.98 Å². The molecule has 0 aliphatic rings. The van der Waals surface area contributed by atoms with Crippen LogP contribution in [0.3, 0.4) is 0 Å². The van der Waals surface area contributed by atoms with Gasteiger partial charge in [-0.15, -0.1) is 12.4 Å². The summed E-state index contributed by atoms with van der Waals surface area (Å²) < 4.78 is 0. The largest absolute Gasteiger partial charge is 0.384 e. The number of aromatic nitrogens is 1. The number of pyridine rings is 1. The molecule has 4 heteroatoms. The lowest BCUT2D eigenvalue weighted by Crippen LogP contribution is -2.02. The maximum Gasteiger partial charge on any atom is 0.123 e. The topological polar surface area (TPSA) is 62.7 Å². The van der Waals surface area contributed by atoms with Crippen molar-refractivity contribution in [1.29, 1.82) is 5.26 Å². The van der Waals surface area contributed by atoms with Gasteiger partial charge in [0.15, 0.2) is 0 Å². The fourth-order valence-corrected chi connectivity index (χ4v) is 1.15. The fraction of sp³-hybridized carbons (Fsp3) is 0.400. The number of nitrogen functional groups attached to an aromatic ring is 1. The zero-order valence-corrected chi connectivity index (χ0v) is 9.14. The van der Waals surface area contributed by atoms with Crippen LogP contribution in [0, 0.1) is 11.3 Å². The van der Waals surface area contributed by atoms with E-state index in [0.717, 1.165) is 12.1 Å². The van der Waals surface area contributed by atoms with Crippen LogP contribution in [0.15, 0.2) is 12.1 Å². The second-order valence-electron chi connectivity index (χ2n) is 3.09. The van der Waals surface area contributed by atoms with E-state index in [4.69, 9.17) is 11.0 Å². The zero-order valence-electron chi connectivity index (χ0n) is 8.32. The molecule has 0 aliphatic heterocycles. The van der Waals surface area contributed by atoms with Gasteiger partial charge in [0.1, 0.15) is 11.9 Å². The van der Waals surface area contributed by atoms with Gasteiger partial charge in [-0.25, -0.2) is 4.98 Å². The number of halogens is 1. The summed E-state index contributed by atoms with van der Waals surface area (Å²) >= 11 is 0. The van der Waals surface area contributed by atoms with Crippen molar-refractivity contribution in [2.24, 2.45) is 0 Å². The van der Waals surface area contributed by atoms with Crippen LogP contribution in [0.25, 0.3) is 0 Å². The van der Waals surface area contributed by atoms with Gasteiger partial charge in [-0.2, -0.15) is 5.26 Å². The van der Waals surface area contributed by atoms with Crippen LogP contribution in [0.1, 0.15) is 37.4 Å². The van der Waals surface area contributed by atoms with Crippen LogP contribution in [-0.2, 0) is 0 Å². The third kappa shape index (κ3) is 2.61. The standard InChI is InChI=1S/C10H13N3.ClH/c1-3-7(2)10-8(6-11)4-5-9(12)13-10;/h4-5,7H,3H2,1-2H3,(H2,12,13);1H/t7-;/m1./s1. The molecule has 1 rings (SSSR count). The third-order valence-corrected chi connectivity index (χ3v) is 2.15. The van der Waals surface area contributed by atoms with E-state index >= 15 is 0 Å². The van der Waals surface area contributed by atoms with Crippen molar-refractivity contribution in [2.45, 2.75) is 26.2 Å². The number of hydrogen-bond acceptors (Lipinski definition) is 3. The highest BCUT2D eigenvalue weighted by Gasteiger charge is 2.10. The summed E-state index contributed by atoms with van der Waals surface area (Å²) in [6.07, 6.45) is 0.963. The number of rotatable bonds is 2. The molecular weight excluding hydrogens is 198 g/mol. The van der Waals surface area contributed by atoms with Gasteiger partial charge in [-0.1, -0.05) is 13.8 Å². The summed E-state index contributed by atoms with van der Waals surface area (Å²) in [4.78, 5) is 4.17. The van der Waals surface area contributed by atoms with Crippen molar-refractivity contribution in [3.8, 4) is 6.07 Å². The minimum Gasteiger partial charge on any atom is -0.384 e. The number of hydrogen-bond donors (Lipinski definition) is 1. The first kappa shape index (κ1) is 12.7. The summed E-state index contributed by atoms with van der Waals surface area (Å²) in [6, 6.07) is 5.50. The van der Waals surface area contributed by atoms with Crippen molar-refractivity contribution in [3.63, 3.8) is 0 Å². The second-order valence-corrected chi connectivity index (χ2v) is 3.09. The Morgan fingerprint density at radius 2 is 2.21 bits per heavy atom. The zero-order chi connectivity index (χ0) is 9.84. The lowest BCUT2D eigenvalue weighted by Gasteiger charge is -2.09. The normalized spacial score (nSPS) is 11.2. The molecule has 0 aromatic carbocycles. The van der Waals surface area contributed by atoms with Crippen molar-refractivity contribution in [3.05, 3.63) is 23.4 Å². The fourth-order valence-electron chi connectivity index (χ4n) is 1.15. The molecule has 1 aromatic heterocycles. The highest BCUT2D eigenvalue weighted by atomic mass is 35.5. The van der Waals surface area contributed by atoms with Gasteiger partial charge < -0.3 is 5.73 Å². The SMILES string of the molecule is CC[C@@H](C)c1nc(N)ccc1C#N.Cl. The van der Waals surface area contributed by atoms with Gasteiger partial charge in [0, 0.05) is 0 Å². The quantitative estimate of drug-likeness (QED) is 0.818. The van der Waals surface area contributed by atoms with Crippen LogP contribution in [0.2, 0.25) is 0 Å². The second kappa shape index (κ2) is 5.46. The first-order chi connectivity index (χ1) is 6.19. The van der Waals surface area contributed by atoms with Gasteiger partial charge in [0.2, 0.25) is 0 Å². The van der Waals surface area contributed by atoms with Gasteiger partial charge in [0.05, 0.1) is 11.3 Å². The number of nitriles is 1. The average Bonchev–Trinajstić information content (AvgIpc) is 2.16. The molecule has 0 saturated carbocycles. The molecule has 3 nitrogen and oxygen atoms in total. The van der Waals surface area contributed by atoms with Crippen molar-refractivity contribution < 1.29 is 0 Å². The van der Waals surface area contributed by atoms with E-state index in [2.05, 4.69) is 18.0 Å². The Morgan fingerprint density at radius 3 is 2.71 bits per heavy atom. The van der Waals surface area contributed by atoms with E-state index in [1.165, 1.54) is 0 Å². The van der Waals surface area contributed by atoms with Gasteiger partial charge >= 0.3 is 0 Å². The first-order valence-electron chi connectivity index (χ1n) is 4.35. The Hall–Kier alpha value is -1.27. The van der Waals surface area contributed by atoms with E-state index in [0.29, 0.717) is 11.4 Å². The van der Waals surface area contributed by atoms with E-state index < -0.39 is 0 Å². The molecule has 76 valence electrons. The summed E-state index contributed by atoms with van der Waals surface area (Å²) in [7, 11) is 0. The maximum absolute atomic E-state index is 8.82. The monoisotopic (exact) mass is 211 g/mol. The Balaban J connectivity index is 0.00000169. The molecule has 2 N–H and O–H groups in total. The molecule has 0 radical (unpaired) electrons. The summed E-state index contributed by atoms with van der Waals surface area (Å²) in [5.74, 6) is 0.771. The summed E-state index contributed by atoms with van der Waals surface area (Å²) in [5.41, 5.74) is 6.99. The van der Waals surface area contributed by atoms with Gasteiger partial charge in [0.25, 0.3) is 0 Å². The third-order valence-electron chi connectivity index (χ3n) is 2.15. The molecule has 0 amide bonds. The number of anilines is 1. The number of nitrogens with two attached hydrogens (primary N) is 1. The molecule has 0 fully saturated rings. The molecule has 0 unspecified atom stereocenters. The van der Waals surface area contributed by atoms with Crippen LogP contribution in [0.4, 0.5) is 5.82 Å². The van der Waals surface area contributed by atoms with Crippen molar-refractivity contribution >= 4 is 18.2 Å². The molecule has 0 bridgehead atoms. The lowest BCUT2D eigenvalue weighted by atomic mass is 10.00. The molecule has 0 spiro atoms. The summed E-state index contributed by atoms with van der Waals surface area (Å²) in [6.45, 7) is 4.11. The molecular formula is C10H14ClN3. The van der Waals surface area contributed by atoms with E-state index in [1.54, 1.807) is 12.1 Å². The van der Waals surface area contributed by atoms with E-state index in [1.807, 2.05) is 6.92 Å². The van der Waals surface area contributed by atoms with E-state index in [-0.39, 0.29) is 18.3 Å². The van der Waals surface area contributed by atoms with Crippen molar-refractivity contribution in [2.75, 3.05) is 5.73 Å². The lowest BCUT2D eigenvalue weighted by molar-refractivity contribution is 0.707. The molecule has 1 atom stereocenters. The van der Waals surface area contributed by atoms with Crippen LogP contribution < -0.4 is 5.73 Å². The minimum atomic E-state index is 0. The first-order valence-corrected chi connectivity index (χ1v) is 4.35. The predicted molar refractivity (Wildman–Crippen MR) is 59.3 cm³/mol.